The molecule has 2 nitrogen and oxygen atoms in total. The van der Waals surface area contributed by atoms with Crippen LogP contribution in [0, 0.1) is 12.8 Å². The molecule has 0 aliphatic carbocycles. The fourth-order valence-electron chi connectivity index (χ4n) is 2.40. The molecule has 1 heterocycles. The van der Waals surface area contributed by atoms with Gasteiger partial charge in [-0.1, -0.05) is 25.1 Å². The second-order valence-corrected chi connectivity index (χ2v) is 4.86. The van der Waals surface area contributed by atoms with Crippen LogP contribution in [0.15, 0.2) is 30.3 Å². The fourth-order valence-corrected chi connectivity index (χ4v) is 2.40. The first kappa shape index (κ1) is 12.7. The predicted octanol–water partition coefficient (Wildman–Crippen LogP) is 3.70. The largest absolute Gasteiger partial charge is 0.300 e. The average molecular weight is 241 g/mol. The molecule has 0 radical (unpaired) electrons. The molecule has 18 heavy (non-hydrogen) atoms. The van der Waals surface area contributed by atoms with Gasteiger partial charge in [0.1, 0.15) is 5.78 Å². The number of aryl methyl sites for hydroxylation is 1. The molecule has 2 rings (SSSR count). The standard InChI is InChI=1S/C16H19NO/c1-4-13(12(3)18)10-14-9-11(2)17-16-8-6-5-7-15(14)16/h5-9,13H,4,10H2,1-3H3. The zero-order valence-electron chi connectivity index (χ0n) is 11.2. The van der Waals surface area contributed by atoms with Crippen LogP contribution >= 0.6 is 0 Å². The van der Waals surface area contributed by atoms with Crippen LogP contribution in [0.5, 0.6) is 0 Å². The Morgan fingerprint density at radius 3 is 2.72 bits per heavy atom. The van der Waals surface area contributed by atoms with Crippen molar-refractivity contribution in [2.24, 2.45) is 5.92 Å². The number of Topliss-reactive ketones (excluding diaryl/α,β-unsaturated/α-hetero) is 1. The lowest BCUT2D eigenvalue weighted by atomic mass is 9.91. The molecule has 0 fully saturated rings. The maximum Gasteiger partial charge on any atom is 0.133 e. The molecule has 1 aromatic heterocycles. The summed E-state index contributed by atoms with van der Waals surface area (Å²) in [6, 6.07) is 10.2. The quantitative estimate of drug-likeness (QED) is 0.817. The lowest BCUT2D eigenvalue weighted by molar-refractivity contribution is -0.120. The lowest BCUT2D eigenvalue weighted by Gasteiger charge is -2.13. The molecule has 2 heteroatoms. The van der Waals surface area contributed by atoms with Gasteiger partial charge in [-0.15, -0.1) is 0 Å². The molecule has 1 unspecified atom stereocenters. The molecule has 94 valence electrons. The molecule has 0 amide bonds. The Hall–Kier alpha value is -1.70. The number of carbonyl (C=O) groups is 1. The van der Waals surface area contributed by atoms with Crippen LogP contribution in [0.1, 0.15) is 31.5 Å². The van der Waals surface area contributed by atoms with Crippen LogP contribution in [0.3, 0.4) is 0 Å². The number of pyridine rings is 1. The maximum absolute atomic E-state index is 11.6. The number of aromatic nitrogens is 1. The van der Waals surface area contributed by atoms with E-state index in [9.17, 15) is 4.79 Å². The monoisotopic (exact) mass is 241 g/mol. The van der Waals surface area contributed by atoms with Crippen molar-refractivity contribution >= 4 is 16.7 Å². The number of hydrogen-bond donors (Lipinski definition) is 0. The van der Waals surface area contributed by atoms with E-state index in [0.29, 0.717) is 0 Å². The molecule has 0 bridgehead atoms. The SMILES string of the molecule is CCC(Cc1cc(C)nc2ccccc12)C(C)=O. The van der Waals surface area contributed by atoms with Crippen LogP contribution in [0.2, 0.25) is 0 Å². The highest BCUT2D eigenvalue weighted by molar-refractivity contribution is 5.84. The Labute approximate surface area is 108 Å². The topological polar surface area (TPSA) is 30.0 Å². The van der Waals surface area contributed by atoms with Gasteiger partial charge >= 0.3 is 0 Å². The third-order valence-electron chi connectivity index (χ3n) is 3.46. The first-order chi connectivity index (χ1) is 8.61. The van der Waals surface area contributed by atoms with Crippen molar-refractivity contribution in [1.82, 2.24) is 4.98 Å². The summed E-state index contributed by atoms with van der Waals surface area (Å²) in [5, 5.41) is 1.17. The van der Waals surface area contributed by atoms with Gasteiger partial charge < -0.3 is 0 Å². The van der Waals surface area contributed by atoms with Gasteiger partial charge in [0.15, 0.2) is 0 Å². The Morgan fingerprint density at radius 2 is 2.06 bits per heavy atom. The summed E-state index contributed by atoms with van der Waals surface area (Å²) < 4.78 is 0. The van der Waals surface area contributed by atoms with Crippen LogP contribution in [0.25, 0.3) is 10.9 Å². The minimum absolute atomic E-state index is 0.121. The molecule has 1 aromatic carbocycles. The predicted molar refractivity (Wildman–Crippen MR) is 74.6 cm³/mol. The number of benzene rings is 1. The molecular weight excluding hydrogens is 222 g/mol. The zero-order valence-corrected chi connectivity index (χ0v) is 11.2. The highest BCUT2D eigenvalue weighted by Gasteiger charge is 2.14. The van der Waals surface area contributed by atoms with E-state index in [4.69, 9.17) is 0 Å². The van der Waals surface area contributed by atoms with Gasteiger partial charge in [0, 0.05) is 17.0 Å². The van der Waals surface area contributed by atoms with Gasteiger partial charge in [0.25, 0.3) is 0 Å². The van der Waals surface area contributed by atoms with E-state index >= 15 is 0 Å². The van der Waals surface area contributed by atoms with E-state index < -0.39 is 0 Å². The van der Waals surface area contributed by atoms with Crippen LogP contribution < -0.4 is 0 Å². The van der Waals surface area contributed by atoms with Crippen molar-refractivity contribution in [1.29, 1.82) is 0 Å². The van der Waals surface area contributed by atoms with E-state index in [0.717, 1.165) is 24.1 Å². The fraction of sp³-hybridized carbons (Fsp3) is 0.375. The molecule has 2 aromatic rings. The third kappa shape index (κ3) is 2.58. The molecule has 0 aliphatic heterocycles. The number of carbonyl (C=O) groups excluding carboxylic acids is 1. The summed E-state index contributed by atoms with van der Waals surface area (Å²) in [5.41, 5.74) is 3.27. The molecule has 0 N–H and O–H groups in total. The van der Waals surface area contributed by atoms with Crippen LogP contribution in [0.4, 0.5) is 0 Å². The van der Waals surface area contributed by atoms with Crippen LogP contribution in [-0.4, -0.2) is 10.8 Å². The summed E-state index contributed by atoms with van der Waals surface area (Å²) in [5.74, 6) is 0.395. The van der Waals surface area contributed by atoms with E-state index in [1.807, 2.05) is 25.1 Å². The number of para-hydroxylation sites is 1. The minimum atomic E-state index is 0.121. The molecular formula is C16H19NO. The highest BCUT2D eigenvalue weighted by atomic mass is 16.1. The van der Waals surface area contributed by atoms with Crippen molar-refractivity contribution < 1.29 is 4.79 Å². The smallest absolute Gasteiger partial charge is 0.133 e. The maximum atomic E-state index is 11.6. The van der Waals surface area contributed by atoms with Gasteiger partial charge in [0.05, 0.1) is 5.52 Å². The van der Waals surface area contributed by atoms with Crippen molar-refractivity contribution in [2.75, 3.05) is 0 Å². The molecule has 0 aliphatic rings. The van der Waals surface area contributed by atoms with Crippen molar-refractivity contribution in [2.45, 2.75) is 33.6 Å². The van der Waals surface area contributed by atoms with Gasteiger partial charge in [-0.3, -0.25) is 9.78 Å². The molecule has 1 atom stereocenters. The number of nitrogens with zero attached hydrogens (tertiary/aromatic N) is 1. The number of hydrogen-bond acceptors (Lipinski definition) is 2. The second-order valence-electron chi connectivity index (χ2n) is 4.86. The summed E-state index contributed by atoms with van der Waals surface area (Å²) in [4.78, 5) is 16.1. The van der Waals surface area contributed by atoms with Crippen molar-refractivity contribution in [3.05, 3.63) is 41.6 Å². The van der Waals surface area contributed by atoms with Gasteiger partial charge in [-0.2, -0.15) is 0 Å². The molecule has 0 saturated heterocycles. The molecule has 0 saturated carbocycles. The average Bonchev–Trinajstić information content (AvgIpc) is 2.35. The van der Waals surface area contributed by atoms with Gasteiger partial charge in [-0.05, 0) is 44.4 Å². The van der Waals surface area contributed by atoms with Crippen molar-refractivity contribution in [3.8, 4) is 0 Å². The van der Waals surface area contributed by atoms with E-state index in [2.05, 4.69) is 24.0 Å². The Morgan fingerprint density at radius 1 is 1.33 bits per heavy atom. The second kappa shape index (κ2) is 5.30. The summed E-state index contributed by atoms with van der Waals surface area (Å²) in [7, 11) is 0. The summed E-state index contributed by atoms with van der Waals surface area (Å²) in [6.45, 7) is 5.76. The van der Waals surface area contributed by atoms with Crippen molar-refractivity contribution in [3.63, 3.8) is 0 Å². The Balaban J connectivity index is 2.46. The first-order valence-electron chi connectivity index (χ1n) is 6.47. The summed E-state index contributed by atoms with van der Waals surface area (Å²) in [6.07, 6.45) is 1.71. The number of rotatable bonds is 4. The Kier molecular flexibility index (Phi) is 3.75. The third-order valence-corrected chi connectivity index (χ3v) is 3.46. The molecule has 0 spiro atoms. The zero-order chi connectivity index (χ0) is 13.1. The van der Waals surface area contributed by atoms with Gasteiger partial charge in [-0.25, -0.2) is 0 Å². The minimum Gasteiger partial charge on any atom is -0.300 e. The Bertz CT molecular complexity index is 574. The summed E-state index contributed by atoms with van der Waals surface area (Å²) >= 11 is 0. The van der Waals surface area contributed by atoms with E-state index in [-0.39, 0.29) is 11.7 Å². The van der Waals surface area contributed by atoms with Gasteiger partial charge in [0.2, 0.25) is 0 Å². The van der Waals surface area contributed by atoms with E-state index in [1.165, 1.54) is 10.9 Å². The normalized spacial score (nSPS) is 12.6. The lowest BCUT2D eigenvalue weighted by Crippen LogP contribution is -2.13. The highest BCUT2D eigenvalue weighted by Crippen LogP contribution is 2.22. The van der Waals surface area contributed by atoms with Crippen LogP contribution in [-0.2, 0) is 11.2 Å². The van der Waals surface area contributed by atoms with E-state index in [1.54, 1.807) is 6.92 Å². The number of fused-ring (bicyclic) bond motifs is 1. The first-order valence-corrected chi connectivity index (χ1v) is 6.47. The number of ketones is 1.